The molecule has 5 aliphatic carbocycles. The van der Waals surface area contributed by atoms with Crippen molar-refractivity contribution < 1.29 is 101 Å². The van der Waals surface area contributed by atoms with Gasteiger partial charge in [0, 0.05) is 96.0 Å². The molecule has 3 aromatic carbocycles. The lowest BCUT2D eigenvalue weighted by Gasteiger charge is -2.70. The van der Waals surface area contributed by atoms with Gasteiger partial charge in [0.2, 0.25) is 53.0 Å². The van der Waals surface area contributed by atoms with Crippen LogP contribution in [0.1, 0.15) is 140 Å². The van der Waals surface area contributed by atoms with Crippen molar-refractivity contribution in [3.63, 3.8) is 0 Å². The number of aliphatic hydroxyl groups is 1. The van der Waals surface area contributed by atoms with E-state index in [4.69, 9.17) is 33.2 Å². The molecule has 3 saturated carbocycles. The number of rotatable bonds is 28. The number of fused-ring (bicyclic) bond motifs is 6. The maximum atomic E-state index is 14.6. The van der Waals surface area contributed by atoms with Crippen LogP contribution in [0.4, 0.5) is 0 Å². The van der Waals surface area contributed by atoms with Crippen LogP contribution in [0, 0.1) is 5.92 Å². The Kier molecular flexibility index (Phi) is 21.3. The second-order valence-electron chi connectivity index (χ2n) is 26.5. The molecule has 4 heterocycles. The Hall–Kier alpha value is -7.76. The molecule has 98 heavy (non-hydrogen) atoms. The number of benzene rings is 3. The maximum absolute atomic E-state index is 14.6. The number of imide groups is 1. The largest absolute Gasteiger partial charge is 0.507 e. The first-order valence-electron chi connectivity index (χ1n) is 32.9. The Labute approximate surface area is 577 Å². The quantitative estimate of drug-likeness (QED) is 0.00917. The number of methoxy groups -OCH3 is 2. The monoisotopic (exact) mass is 1480 g/mol. The van der Waals surface area contributed by atoms with Crippen LogP contribution in [0.5, 0.6) is 17.2 Å². The number of aromatic hydroxyl groups is 2. The van der Waals surface area contributed by atoms with Gasteiger partial charge in [0.05, 0.1) is 68.2 Å². The molecule has 11 atom stereocenters. The van der Waals surface area contributed by atoms with Crippen LogP contribution in [0.2, 0.25) is 0 Å². The maximum Gasteiger partial charge on any atom is 0.252 e. The molecule has 9 aliphatic rings. The van der Waals surface area contributed by atoms with Gasteiger partial charge in [-0.1, -0.05) is 85.3 Å². The fraction of sp³-hybridized carbons (Fsp3) is 0.567. The average molecular weight is 1480 g/mol. The lowest BCUT2D eigenvalue weighted by molar-refractivity contribution is -0.256. The summed E-state index contributed by atoms with van der Waals surface area (Å²) in [5.41, 5.74) is -4.79. The summed E-state index contributed by atoms with van der Waals surface area (Å²) in [6, 6.07) is 11.6. The number of likely N-dealkylation sites (tertiary alicyclic amines) is 1. The minimum atomic E-state index is -2.35. The fourth-order valence-electron chi connectivity index (χ4n) is 15.2. The Morgan fingerprint density at radius 3 is 2.21 bits per heavy atom. The normalized spacial score (nSPS) is 28.2. The highest BCUT2D eigenvalue weighted by atomic mass is 127. The van der Waals surface area contributed by atoms with E-state index in [0.717, 1.165) is 17.7 Å². The van der Waals surface area contributed by atoms with E-state index in [2.05, 4.69) is 64.7 Å². The van der Waals surface area contributed by atoms with Crippen LogP contribution in [0.3, 0.4) is 0 Å². The van der Waals surface area contributed by atoms with E-state index in [1.54, 1.807) is 30.3 Å². The molecule has 7 fully saturated rings. The van der Waals surface area contributed by atoms with E-state index in [1.165, 1.54) is 32.4 Å². The predicted octanol–water partition coefficient (Wildman–Crippen LogP) is 0.373. The van der Waals surface area contributed by atoms with E-state index in [1.807, 2.05) is 20.8 Å². The SMILES string of the molecule is CCCC(I)(CC)C1CC(=O)N(CCC(=O)NCC(=O)NCC(=O)N[C@@H](Cc2ccccc2)C(=O)NCC(=O)NCOCC(=O)NC23CC(NC(=O)[C@]4(O)Cc5c(O)c6c(c(O)c5[C@@H](O[C@H]5C[C@H]7[C@H](O[C@@H]8[C@@H](OC)OCCN87)[C@H](C)O5)C4)C(=O)c4c(OC)cccc4C6=O)(C2)C3)C1=O. The zero-order valence-corrected chi connectivity index (χ0v) is 57.1. The van der Waals surface area contributed by atoms with Gasteiger partial charge < -0.3 is 85.7 Å². The van der Waals surface area contributed by atoms with Gasteiger partial charge in [-0.05, 0) is 50.7 Å². The molecule has 2 unspecified atom stereocenters. The van der Waals surface area contributed by atoms with Crippen molar-refractivity contribution in [1.82, 2.24) is 47.0 Å². The van der Waals surface area contributed by atoms with Gasteiger partial charge in [0.25, 0.3) is 5.91 Å². The van der Waals surface area contributed by atoms with Crippen LogP contribution in [0.15, 0.2) is 48.5 Å². The van der Waals surface area contributed by atoms with E-state index in [9.17, 15) is 68.1 Å². The lowest BCUT2D eigenvalue weighted by Crippen LogP contribution is -2.84. The molecule has 4 saturated heterocycles. The highest BCUT2D eigenvalue weighted by Gasteiger charge is 2.70. The molecule has 0 spiro atoms. The van der Waals surface area contributed by atoms with Crippen molar-refractivity contribution in [3.05, 3.63) is 87.5 Å². The summed E-state index contributed by atoms with van der Waals surface area (Å²) >= 11 is 2.27. The number of morpholine rings is 1. The van der Waals surface area contributed by atoms with Crippen LogP contribution >= 0.6 is 22.6 Å². The summed E-state index contributed by atoms with van der Waals surface area (Å²) in [4.78, 5) is 150. The molecule has 30 nitrogen and oxygen atoms in total. The molecular weight excluding hydrogens is 1390 g/mol. The Balaban J connectivity index is 0.639. The molecule has 0 radical (unpaired) electrons. The van der Waals surface area contributed by atoms with Crippen LogP contribution in [0.25, 0.3) is 0 Å². The summed E-state index contributed by atoms with van der Waals surface area (Å²) in [6.07, 6.45) is -2.56. The zero-order valence-electron chi connectivity index (χ0n) is 54.9. The van der Waals surface area contributed by atoms with E-state index < -0.39 is 187 Å². The Morgan fingerprint density at radius 1 is 0.806 bits per heavy atom. The van der Waals surface area contributed by atoms with Gasteiger partial charge in [0.1, 0.15) is 48.3 Å². The third-order valence-electron chi connectivity index (χ3n) is 20.0. The topological polar surface area (TPSA) is 404 Å². The van der Waals surface area contributed by atoms with Crippen molar-refractivity contribution in [2.24, 2.45) is 5.92 Å². The average Bonchev–Trinajstić information content (AvgIpc) is 0.818. The first-order chi connectivity index (χ1) is 46.8. The number of nitrogens with zero attached hydrogens (tertiary/aromatic N) is 2. The molecule has 3 aromatic rings. The Morgan fingerprint density at radius 2 is 1.50 bits per heavy atom. The molecular formula is C67H82IN9O21. The highest BCUT2D eigenvalue weighted by molar-refractivity contribution is 14.1. The predicted molar refractivity (Wildman–Crippen MR) is 349 cm³/mol. The second-order valence-corrected chi connectivity index (χ2v) is 28.6. The van der Waals surface area contributed by atoms with Crippen LogP contribution in [-0.4, -0.2) is 220 Å². The molecule has 528 valence electrons. The zero-order chi connectivity index (χ0) is 70.2. The number of nitrogens with one attached hydrogen (secondary N) is 7. The van der Waals surface area contributed by atoms with E-state index in [0.29, 0.717) is 25.1 Å². The number of carbonyl (C=O) groups is 11. The van der Waals surface area contributed by atoms with Gasteiger partial charge in [-0.2, -0.15) is 0 Å². The van der Waals surface area contributed by atoms with Gasteiger partial charge in [-0.15, -0.1) is 0 Å². The van der Waals surface area contributed by atoms with Gasteiger partial charge in [-0.3, -0.25) is 62.5 Å². The summed E-state index contributed by atoms with van der Waals surface area (Å²) < 4.78 is 41.3. The fourth-order valence-corrected chi connectivity index (χ4v) is 16.3. The summed E-state index contributed by atoms with van der Waals surface area (Å²) in [5.74, 6) is -8.97. The molecule has 4 aliphatic heterocycles. The minimum Gasteiger partial charge on any atom is -0.507 e. The number of hydrogen-bond donors (Lipinski definition) is 10. The lowest BCUT2D eigenvalue weighted by atomic mass is 9.44. The van der Waals surface area contributed by atoms with Gasteiger partial charge in [0.15, 0.2) is 24.6 Å². The number of hydrogen-bond acceptors (Lipinski definition) is 22. The molecule has 0 aromatic heterocycles. The van der Waals surface area contributed by atoms with Crippen LogP contribution < -0.4 is 42.0 Å². The molecule has 2 bridgehead atoms. The third-order valence-corrected chi connectivity index (χ3v) is 22.0. The Bertz CT molecular complexity index is 3670. The van der Waals surface area contributed by atoms with Crippen LogP contribution in [-0.2, 0) is 84.4 Å². The van der Waals surface area contributed by atoms with Crippen molar-refractivity contribution >= 4 is 87.3 Å². The number of phenols is 2. The van der Waals surface area contributed by atoms with Crippen molar-refractivity contribution in [1.29, 1.82) is 0 Å². The van der Waals surface area contributed by atoms with Gasteiger partial charge >= 0.3 is 0 Å². The number of alkyl halides is 1. The summed E-state index contributed by atoms with van der Waals surface area (Å²) in [5, 5.41) is 55.2. The number of amides is 9. The standard InChI is InChI=1S/C67H82IN9O21/c1-6-17-66(68,7-2)38-22-48(83)77(60(38)89)18-16-43(78)69-26-44(79)70-28-46(81)73-39(21-35-12-9-8-10-13-35)59(88)71-27-45(80)72-33-94-29-47(82)74-64-30-65(31-64,32-64)75-63(90)67(91)24-37-51(57(87)53-52(55(37)85)54(84)36-14-11-15-41(92-4)50(36)56(53)86)42(25-67)97-49-23-40-58(34(3)96-49)98-61-62(93-5)95-20-19-76(40)61/h8-15,34,38-40,42,49,58,61-62,85,87,91H,6-7,16-33H2,1-5H3,(H,69,78)(H,70,79)(H,71,88)(H,72,80)(H,73,81)(H,74,82)(H,75,90)/t34-,38?,39-,40-,42-,49-,58+,61+,62-,64?,65?,66?,67-/m0/s1. The minimum absolute atomic E-state index is 0.00572. The summed E-state index contributed by atoms with van der Waals surface area (Å²) in [7, 11) is 2.84. The molecule has 12 rings (SSSR count). The highest BCUT2D eigenvalue weighted by Crippen LogP contribution is 2.61. The number of ether oxygens (including phenoxy) is 7. The number of carbonyl (C=O) groups excluding carboxylic acids is 11. The first-order valence-corrected chi connectivity index (χ1v) is 34.0. The molecule has 31 heteroatoms. The van der Waals surface area contributed by atoms with Gasteiger partial charge in [-0.25, -0.2) is 0 Å². The van der Waals surface area contributed by atoms with Crippen molar-refractivity contribution in [2.75, 3.05) is 66.9 Å². The smallest absolute Gasteiger partial charge is 0.252 e. The first kappa shape index (κ1) is 71.5. The van der Waals surface area contributed by atoms with Crippen molar-refractivity contribution in [3.8, 4) is 17.2 Å². The molecule has 9 amide bonds. The van der Waals surface area contributed by atoms with E-state index >= 15 is 0 Å². The number of halogens is 1. The second kappa shape index (κ2) is 29.2. The number of phenolic OH excluding ortho intramolecular Hbond substituents is 2. The van der Waals surface area contributed by atoms with E-state index in [-0.39, 0.29) is 101 Å². The van der Waals surface area contributed by atoms with Crippen molar-refractivity contribution in [2.45, 2.75) is 167 Å². The summed E-state index contributed by atoms with van der Waals surface area (Å²) in [6.45, 7) is 3.98. The molecule has 10 N–H and O–H groups in total. The number of ketones is 2. The third kappa shape index (κ3) is 14.4.